The maximum atomic E-state index is 10.0. The summed E-state index contributed by atoms with van der Waals surface area (Å²) in [6, 6.07) is 0. The van der Waals surface area contributed by atoms with Gasteiger partial charge in [-0.1, -0.05) is 13.3 Å². The summed E-state index contributed by atoms with van der Waals surface area (Å²) < 4.78 is 22.2. The maximum Gasteiger partial charge on any atom is 0.190 e. The van der Waals surface area contributed by atoms with Crippen molar-refractivity contribution in [3.8, 4) is 0 Å². The lowest BCUT2D eigenvalue weighted by Gasteiger charge is -2.22. The molecule has 1 N–H and O–H groups in total. The molecule has 0 bridgehead atoms. The van der Waals surface area contributed by atoms with Gasteiger partial charge in [-0.05, 0) is 20.3 Å². The Balaban J connectivity index is 1.78. The number of aliphatic hydroxyl groups is 1. The molecular weight excluding hydrogens is 224 g/mol. The van der Waals surface area contributed by atoms with Crippen molar-refractivity contribution in [2.24, 2.45) is 0 Å². The topological polar surface area (TPSA) is 57.2 Å². The first-order valence-electron chi connectivity index (χ1n) is 6.30. The number of aliphatic hydroxyl groups excluding tert-OH is 1. The van der Waals surface area contributed by atoms with Gasteiger partial charge in [0.1, 0.15) is 18.3 Å². The van der Waals surface area contributed by atoms with Crippen molar-refractivity contribution in [2.45, 2.75) is 64.0 Å². The molecule has 5 nitrogen and oxygen atoms in total. The zero-order valence-corrected chi connectivity index (χ0v) is 10.7. The van der Waals surface area contributed by atoms with Crippen LogP contribution in [0.3, 0.4) is 0 Å². The van der Waals surface area contributed by atoms with Crippen LogP contribution in [0.15, 0.2) is 0 Å². The predicted octanol–water partition coefficient (Wildman–Crippen LogP) is 1.04. The smallest absolute Gasteiger partial charge is 0.190 e. The van der Waals surface area contributed by atoms with Crippen LogP contribution < -0.4 is 0 Å². The third-order valence-electron chi connectivity index (χ3n) is 3.04. The molecule has 1 unspecified atom stereocenters. The van der Waals surface area contributed by atoms with E-state index >= 15 is 0 Å². The van der Waals surface area contributed by atoms with Gasteiger partial charge in [-0.15, -0.1) is 0 Å². The molecule has 17 heavy (non-hydrogen) atoms. The Morgan fingerprint density at radius 2 is 2.06 bits per heavy atom. The van der Waals surface area contributed by atoms with Gasteiger partial charge in [-0.3, -0.25) is 0 Å². The zero-order chi connectivity index (χ0) is 12.5. The highest BCUT2D eigenvalue weighted by molar-refractivity contribution is 4.92. The summed E-state index contributed by atoms with van der Waals surface area (Å²) in [4.78, 5) is 0. The Hall–Kier alpha value is -0.200. The maximum absolute atomic E-state index is 10.0. The Labute approximate surface area is 102 Å². The average Bonchev–Trinajstić information content (AvgIpc) is 2.69. The molecular formula is C12H22O5. The van der Waals surface area contributed by atoms with Crippen molar-refractivity contribution in [3.63, 3.8) is 0 Å². The average molecular weight is 246 g/mol. The molecule has 0 saturated carbocycles. The molecule has 0 radical (unpaired) electrons. The Morgan fingerprint density at radius 1 is 1.29 bits per heavy atom. The lowest BCUT2D eigenvalue weighted by atomic mass is 10.1. The molecule has 2 aliphatic rings. The van der Waals surface area contributed by atoms with Gasteiger partial charge in [-0.2, -0.15) is 0 Å². The number of rotatable bonds is 5. The summed E-state index contributed by atoms with van der Waals surface area (Å²) in [7, 11) is 0. The predicted molar refractivity (Wildman–Crippen MR) is 60.4 cm³/mol. The van der Waals surface area contributed by atoms with Crippen LogP contribution in [0.2, 0.25) is 0 Å². The first-order chi connectivity index (χ1) is 8.03. The van der Waals surface area contributed by atoms with Gasteiger partial charge in [0.25, 0.3) is 0 Å². The second-order valence-corrected chi connectivity index (χ2v) is 5.06. The highest BCUT2D eigenvalue weighted by Gasteiger charge is 2.54. The monoisotopic (exact) mass is 246 g/mol. The lowest BCUT2D eigenvalue weighted by Crippen LogP contribution is -2.36. The first kappa shape index (κ1) is 13.2. The molecule has 0 aliphatic carbocycles. The Kier molecular flexibility index (Phi) is 4.05. The minimum absolute atomic E-state index is 0.349. The van der Waals surface area contributed by atoms with Crippen molar-refractivity contribution in [3.05, 3.63) is 0 Å². The van der Waals surface area contributed by atoms with Crippen LogP contribution in [-0.2, 0) is 18.9 Å². The van der Waals surface area contributed by atoms with Crippen LogP contribution in [0.5, 0.6) is 0 Å². The normalized spacial score (nSPS) is 39.5. The number of ether oxygens (including phenoxy) is 4. The van der Waals surface area contributed by atoms with Crippen molar-refractivity contribution >= 4 is 0 Å². The van der Waals surface area contributed by atoms with E-state index in [1.165, 1.54) is 0 Å². The molecule has 0 amide bonds. The zero-order valence-electron chi connectivity index (χ0n) is 10.7. The Morgan fingerprint density at radius 3 is 2.71 bits per heavy atom. The number of hydrogen-bond acceptors (Lipinski definition) is 5. The van der Waals surface area contributed by atoms with E-state index in [0.717, 1.165) is 12.8 Å². The number of hydrogen-bond donors (Lipinski definition) is 1. The van der Waals surface area contributed by atoms with Crippen molar-refractivity contribution in [2.75, 3.05) is 13.2 Å². The minimum atomic E-state index is -0.677. The summed E-state index contributed by atoms with van der Waals surface area (Å²) in [5.41, 5.74) is 0. The summed E-state index contributed by atoms with van der Waals surface area (Å²) in [6.45, 7) is 6.83. The first-order valence-corrected chi connectivity index (χ1v) is 6.30. The van der Waals surface area contributed by atoms with E-state index in [1.807, 2.05) is 13.8 Å². The molecule has 5 heteroatoms. The number of fused-ring (bicyclic) bond motifs is 1. The molecule has 0 aromatic carbocycles. The summed E-state index contributed by atoms with van der Waals surface area (Å²) in [6.07, 6.45) is 0.223. The highest BCUT2D eigenvalue weighted by atomic mass is 16.8. The van der Waals surface area contributed by atoms with E-state index in [1.54, 1.807) is 0 Å². The third kappa shape index (κ3) is 2.98. The van der Waals surface area contributed by atoms with Crippen LogP contribution in [0.4, 0.5) is 0 Å². The van der Waals surface area contributed by atoms with E-state index in [0.29, 0.717) is 13.2 Å². The van der Waals surface area contributed by atoms with Crippen LogP contribution in [0, 0.1) is 0 Å². The molecule has 2 aliphatic heterocycles. The van der Waals surface area contributed by atoms with Crippen molar-refractivity contribution < 1.29 is 24.1 Å². The molecule has 4 atom stereocenters. The fourth-order valence-corrected chi connectivity index (χ4v) is 2.14. The lowest BCUT2D eigenvalue weighted by molar-refractivity contribution is -0.220. The molecule has 2 heterocycles. The van der Waals surface area contributed by atoms with E-state index in [-0.39, 0.29) is 6.10 Å². The van der Waals surface area contributed by atoms with E-state index < -0.39 is 24.3 Å². The van der Waals surface area contributed by atoms with Gasteiger partial charge in [0.15, 0.2) is 12.1 Å². The van der Waals surface area contributed by atoms with Crippen molar-refractivity contribution in [1.29, 1.82) is 0 Å². The minimum Gasteiger partial charge on any atom is -0.387 e. The van der Waals surface area contributed by atoms with Crippen LogP contribution in [0.1, 0.15) is 33.6 Å². The molecule has 0 aromatic rings. The second-order valence-electron chi connectivity index (χ2n) is 5.06. The SMILES string of the molecule is CCCCOC[C@H]1O[C@@H]2OC(C)(C)OC2[C@@H]1O. The molecule has 0 spiro atoms. The second kappa shape index (κ2) is 5.20. The highest BCUT2D eigenvalue weighted by Crippen LogP contribution is 2.37. The van der Waals surface area contributed by atoms with Gasteiger partial charge < -0.3 is 24.1 Å². The molecule has 2 rings (SSSR count). The van der Waals surface area contributed by atoms with Gasteiger partial charge in [0.05, 0.1) is 6.61 Å². The molecule has 2 fully saturated rings. The summed E-state index contributed by atoms with van der Waals surface area (Å²) in [5.74, 6) is -0.676. The van der Waals surface area contributed by atoms with E-state index in [9.17, 15) is 5.11 Å². The van der Waals surface area contributed by atoms with Crippen LogP contribution >= 0.6 is 0 Å². The molecule has 100 valence electrons. The van der Waals surface area contributed by atoms with E-state index in [4.69, 9.17) is 18.9 Å². The van der Waals surface area contributed by atoms with Gasteiger partial charge in [0, 0.05) is 6.61 Å². The van der Waals surface area contributed by atoms with Crippen LogP contribution in [-0.4, -0.2) is 48.7 Å². The molecule has 2 saturated heterocycles. The standard InChI is InChI=1S/C12H22O5/c1-4-5-6-14-7-8-9(13)10-11(15-8)17-12(2,3)16-10/h8-11,13H,4-7H2,1-3H3/t8-,9-,10?,11-/m1/s1. The van der Waals surface area contributed by atoms with Gasteiger partial charge in [0.2, 0.25) is 0 Å². The largest absolute Gasteiger partial charge is 0.387 e. The molecule has 0 aromatic heterocycles. The van der Waals surface area contributed by atoms with Crippen molar-refractivity contribution in [1.82, 2.24) is 0 Å². The van der Waals surface area contributed by atoms with Crippen LogP contribution in [0.25, 0.3) is 0 Å². The van der Waals surface area contributed by atoms with Gasteiger partial charge >= 0.3 is 0 Å². The Bertz CT molecular complexity index is 255. The third-order valence-corrected chi connectivity index (χ3v) is 3.04. The fraction of sp³-hybridized carbons (Fsp3) is 1.00. The fourth-order valence-electron chi connectivity index (χ4n) is 2.14. The van der Waals surface area contributed by atoms with E-state index in [2.05, 4.69) is 6.92 Å². The quantitative estimate of drug-likeness (QED) is 0.735. The summed E-state index contributed by atoms with van der Waals surface area (Å²) >= 11 is 0. The number of unbranched alkanes of at least 4 members (excludes halogenated alkanes) is 1. The summed E-state index contributed by atoms with van der Waals surface area (Å²) in [5, 5.41) is 10.0. The van der Waals surface area contributed by atoms with Gasteiger partial charge in [-0.25, -0.2) is 0 Å².